The lowest BCUT2D eigenvalue weighted by molar-refractivity contribution is -0.0261. The van der Waals surface area contributed by atoms with E-state index in [4.69, 9.17) is 14.3 Å². The Hall–Kier alpha value is -1.67. The van der Waals surface area contributed by atoms with Crippen molar-refractivity contribution < 1.29 is 9.26 Å². The van der Waals surface area contributed by atoms with E-state index in [0.717, 1.165) is 58.1 Å². The third-order valence-electron chi connectivity index (χ3n) is 4.07. The molecule has 2 heterocycles. The summed E-state index contributed by atoms with van der Waals surface area (Å²) in [5.74, 6) is 2.88. The molecule has 1 fully saturated rings. The molecular weight excluding hydrogens is 332 g/mol. The highest BCUT2D eigenvalue weighted by Crippen LogP contribution is 2.08. The second kappa shape index (κ2) is 11.1. The fourth-order valence-corrected chi connectivity index (χ4v) is 3.00. The summed E-state index contributed by atoms with van der Waals surface area (Å²) in [6.07, 6.45) is 1.84. The molecule has 0 amide bonds. The lowest BCUT2D eigenvalue weighted by atomic mass is 10.2. The normalized spacial score (nSPS) is 19.1. The van der Waals surface area contributed by atoms with E-state index >= 15 is 0 Å². The maximum Gasteiger partial charge on any atom is 0.226 e. The van der Waals surface area contributed by atoms with Crippen LogP contribution in [0.5, 0.6) is 0 Å². The molecule has 0 aliphatic carbocycles. The lowest BCUT2D eigenvalue weighted by Gasteiger charge is -2.33. The van der Waals surface area contributed by atoms with Gasteiger partial charge in [-0.25, -0.2) is 0 Å². The van der Waals surface area contributed by atoms with E-state index in [-0.39, 0.29) is 6.10 Å². The average molecular weight is 367 g/mol. The van der Waals surface area contributed by atoms with E-state index in [0.29, 0.717) is 24.2 Å². The van der Waals surface area contributed by atoms with Crippen LogP contribution < -0.4 is 10.6 Å². The molecule has 148 valence electrons. The maximum atomic E-state index is 5.87. The van der Waals surface area contributed by atoms with Gasteiger partial charge in [0, 0.05) is 39.1 Å². The van der Waals surface area contributed by atoms with Gasteiger partial charge in [0.15, 0.2) is 11.8 Å². The van der Waals surface area contributed by atoms with Crippen LogP contribution in [0.3, 0.4) is 0 Å². The zero-order valence-electron chi connectivity index (χ0n) is 16.6. The smallest absolute Gasteiger partial charge is 0.226 e. The van der Waals surface area contributed by atoms with E-state index in [2.05, 4.69) is 46.4 Å². The van der Waals surface area contributed by atoms with Crippen LogP contribution in [0.25, 0.3) is 0 Å². The molecule has 2 rings (SSSR count). The Labute approximate surface area is 156 Å². The first-order chi connectivity index (χ1) is 12.6. The Morgan fingerprint density at radius 1 is 1.38 bits per heavy atom. The van der Waals surface area contributed by atoms with Gasteiger partial charge >= 0.3 is 0 Å². The minimum atomic E-state index is 0.166. The fraction of sp³-hybridized carbons (Fsp3) is 0.833. The minimum absolute atomic E-state index is 0.166. The number of aromatic nitrogens is 2. The number of nitrogens with zero attached hydrogens (tertiary/aromatic N) is 4. The van der Waals surface area contributed by atoms with Gasteiger partial charge < -0.3 is 19.9 Å². The van der Waals surface area contributed by atoms with Crippen LogP contribution in [0.1, 0.15) is 38.9 Å². The van der Waals surface area contributed by atoms with Crippen LogP contribution in [0.4, 0.5) is 0 Å². The number of hydrogen-bond donors (Lipinski definition) is 2. The second-order valence-electron chi connectivity index (χ2n) is 7.13. The molecule has 0 aromatic carbocycles. The number of ether oxygens (including phenoxy) is 1. The molecule has 1 atom stereocenters. The van der Waals surface area contributed by atoms with Crippen LogP contribution in [0.15, 0.2) is 9.52 Å². The van der Waals surface area contributed by atoms with Gasteiger partial charge in [0.2, 0.25) is 5.89 Å². The molecule has 1 saturated heterocycles. The highest BCUT2D eigenvalue weighted by atomic mass is 16.5. The van der Waals surface area contributed by atoms with Gasteiger partial charge in [-0.3, -0.25) is 9.89 Å². The molecule has 0 radical (unpaired) electrons. The van der Waals surface area contributed by atoms with Gasteiger partial charge in [0.05, 0.1) is 19.3 Å². The number of hydrogen-bond acceptors (Lipinski definition) is 6. The molecule has 26 heavy (non-hydrogen) atoms. The van der Waals surface area contributed by atoms with Crippen molar-refractivity contribution in [1.82, 2.24) is 25.7 Å². The summed E-state index contributed by atoms with van der Waals surface area (Å²) in [5.41, 5.74) is 0. The van der Waals surface area contributed by atoms with Crippen LogP contribution in [-0.4, -0.2) is 73.0 Å². The molecule has 1 aromatic heterocycles. The molecule has 1 unspecified atom stereocenters. The summed E-state index contributed by atoms with van der Waals surface area (Å²) in [7, 11) is 0. The number of morpholine rings is 1. The minimum Gasteiger partial charge on any atom is -0.374 e. The molecule has 0 bridgehead atoms. The summed E-state index contributed by atoms with van der Waals surface area (Å²) < 4.78 is 11.0. The quantitative estimate of drug-likeness (QED) is 0.386. The van der Waals surface area contributed by atoms with Crippen molar-refractivity contribution in [3.63, 3.8) is 0 Å². The van der Waals surface area contributed by atoms with Crippen molar-refractivity contribution in [2.45, 2.75) is 46.6 Å². The first-order valence-corrected chi connectivity index (χ1v) is 9.72. The molecular formula is C18H34N6O2. The number of aryl methyl sites for hydroxylation is 2. The van der Waals surface area contributed by atoms with Crippen molar-refractivity contribution in [2.75, 3.05) is 45.9 Å². The summed E-state index contributed by atoms with van der Waals surface area (Å²) in [6, 6.07) is 0. The number of rotatable bonds is 9. The van der Waals surface area contributed by atoms with Gasteiger partial charge in [-0.2, -0.15) is 4.98 Å². The van der Waals surface area contributed by atoms with Gasteiger partial charge in [-0.05, 0) is 26.2 Å². The predicted octanol–water partition coefficient (Wildman–Crippen LogP) is 1.22. The van der Waals surface area contributed by atoms with E-state index in [9.17, 15) is 0 Å². The van der Waals surface area contributed by atoms with Crippen LogP contribution >= 0.6 is 0 Å². The second-order valence-corrected chi connectivity index (χ2v) is 7.13. The standard InChI is InChI=1S/C18H34N6O2/c1-5-19-18(20-8-6-7-17-22-15(4)23-26-17)21-11-16-13-24(9-10-25-16)12-14(2)3/h14,16H,5-13H2,1-4H3,(H2,19,20,21). The zero-order valence-corrected chi connectivity index (χ0v) is 16.6. The SMILES string of the molecule is CCNC(=NCC1CN(CC(C)C)CCO1)NCCCc1nc(C)no1. The van der Waals surface area contributed by atoms with E-state index in [1.165, 1.54) is 0 Å². The molecule has 8 nitrogen and oxygen atoms in total. The maximum absolute atomic E-state index is 5.87. The summed E-state index contributed by atoms with van der Waals surface area (Å²) in [6.45, 7) is 14.6. The van der Waals surface area contributed by atoms with Crippen molar-refractivity contribution in [1.29, 1.82) is 0 Å². The summed E-state index contributed by atoms with van der Waals surface area (Å²) in [4.78, 5) is 11.4. The molecule has 1 aliphatic heterocycles. The Kier molecular flexibility index (Phi) is 8.84. The summed E-state index contributed by atoms with van der Waals surface area (Å²) >= 11 is 0. The van der Waals surface area contributed by atoms with E-state index in [1.807, 2.05) is 6.92 Å². The Balaban J connectivity index is 1.72. The van der Waals surface area contributed by atoms with Gasteiger partial charge in [0.1, 0.15) is 0 Å². The van der Waals surface area contributed by atoms with Crippen molar-refractivity contribution in [3.8, 4) is 0 Å². The van der Waals surface area contributed by atoms with Crippen molar-refractivity contribution in [3.05, 3.63) is 11.7 Å². The highest BCUT2D eigenvalue weighted by molar-refractivity contribution is 5.79. The summed E-state index contributed by atoms with van der Waals surface area (Å²) in [5, 5.41) is 10.5. The number of nitrogens with one attached hydrogen (secondary N) is 2. The van der Waals surface area contributed by atoms with Gasteiger partial charge in [-0.1, -0.05) is 19.0 Å². The number of aliphatic imine (C=N–C) groups is 1. The highest BCUT2D eigenvalue weighted by Gasteiger charge is 2.20. The van der Waals surface area contributed by atoms with Gasteiger partial charge in [-0.15, -0.1) is 0 Å². The topological polar surface area (TPSA) is 87.8 Å². The third kappa shape index (κ3) is 7.70. The molecule has 1 aromatic rings. The Morgan fingerprint density at radius 2 is 2.23 bits per heavy atom. The monoisotopic (exact) mass is 366 g/mol. The molecule has 8 heteroatoms. The van der Waals surface area contributed by atoms with Crippen molar-refractivity contribution in [2.24, 2.45) is 10.9 Å². The zero-order chi connectivity index (χ0) is 18.8. The average Bonchev–Trinajstić information content (AvgIpc) is 3.01. The Bertz CT molecular complexity index is 546. The fourth-order valence-electron chi connectivity index (χ4n) is 3.00. The molecule has 2 N–H and O–H groups in total. The van der Waals surface area contributed by atoms with Gasteiger partial charge in [0.25, 0.3) is 0 Å². The largest absolute Gasteiger partial charge is 0.374 e. The number of guanidine groups is 1. The van der Waals surface area contributed by atoms with Crippen LogP contribution in [-0.2, 0) is 11.2 Å². The van der Waals surface area contributed by atoms with Crippen LogP contribution in [0.2, 0.25) is 0 Å². The third-order valence-corrected chi connectivity index (χ3v) is 4.07. The van der Waals surface area contributed by atoms with E-state index < -0.39 is 0 Å². The predicted molar refractivity (Wildman–Crippen MR) is 102 cm³/mol. The first-order valence-electron chi connectivity index (χ1n) is 9.72. The molecule has 0 saturated carbocycles. The molecule has 1 aliphatic rings. The van der Waals surface area contributed by atoms with Crippen LogP contribution in [0, 0.1) is 12.8 Å². The van der Waals surface area contributed by atoms with Crippen molar-refractivity contribution >= 4 is 5.96 Å². The molecule has 0 spiro atoms. The van der Waals surface area contributed by atoms with E-state index in [1.54, 1.807) is 0 Å². The lowest BCUT2D eigenvalue weighted by Crippen LogP contribution is -2.46. The first kappa shape index (κ1) is 20.6. The Morgan fingerprint density at radius 3 is 2.92 bits per heavy atom.